The normalized spacial score (nSPS) is 20.4. The van der Waals surface area contributed by atoms with Crippen LogP contribution in [0.1, 0.15) is 35.4 Å². The van der Waals surface area contributed by atoms with Gasteiger partial charge in [0.15, 0.2) is 6.10 Å². The molecule has 2 rings (SSSR count). The lowest BCUT2D eigenvalue weighted by Gasteiger charge is -2.27. The Labute approximate surface area is 109 Å². The number of esters is 1. The first-order chi connectivity index (χ1) is 8.93. The third-order valence-electron chi connectivity index (χ3n) is 3.33. The van der Waals surface area contributed by atoms with E-state index in [2.05, 4.69) is 0 Å². The lowest BCUT2D eigenvalue weighted by atomic mass is 9.88. The predicted octanol–water partition coefficient (Wildman–Crippen LogP) is 1.13. The summed E-state index contributed by atoms with van der Waals surface area (Å²) in [6.07, 6.45) is -1.32. The van der Waals surface area contributed by atoms with Gasteiger partial charge in [-0.2, -0.15) is 0 Å². The molecule has 6 heteroatoms. The largest absolute Gasteiger partial charge is 0.497 e. The van der Waals surface area contributed by atoms with Gasteiger partial charge in [0.2, 0.25) is 5.60 Å². The van der Waals surface area contributed by atoms with Gasteiger partial charge < -0.3 is 19.7 Å². The Bertz CT molecular complexity index is 538. The summed E-state index contributed by atoms with van der Waals surface area (Å²) in [5.74, 6) is -1.61. The van der Waals surface area contributed by atoms with Crippen molar-refractivity contribution in [1.82, 2.24) is 0 Å². The molecule has 0 fully saturated rings. The number of carboxylic acids is 1. The molecule has 0 spiro atoms. The summed E-state index contributed by atoms with van der Waals surface area (Å²) >= 11 is 0. The highest BCUT2D eigenvalue weighted by molar-refractivity contribution is 5.95. The summed E-state index contributed by atoms with van der Waals surface area (Å²) in [6, 6.07) is 4.58. The zero-order valence-corrected chi connectivity index (χ0v) is 10.5. The van der Waals surface area contributed by atoms with Crippen molar-refractivity contribution >= 4 is 11.9 Å². The van der Waals surface area contributed by atoms with E-state index in [9.17, 15) is 14.7 Å². The average Bonchev–Trinajstić information content (AvgIpc) is 2.74. The fourth-order valence-corrected chi connectivity index (χ4v) is 2.11. The fraction of sp³-hybridized carbons (Fsp3) is 0.385. The van der Waals surface area contributed by atoms with E-state index < -0.39 is 23.6 Å². The van der Waals surface area contributed by atoms with E-state index in [1.54, 1.807) is 6.07 Å². The minimum Gasteiger partial charge on any atom is -0.497 e. The second-order valence-corrected chi connectivity index (χ2v) is 4.32. The average molecular weight is 266 g/mol. The number of fused-ring (bicyclic) bond motifs is 1. The summed E-state index contributed by atoms with van der Waals surface area (Å²) in [5.41, 5.74) is -1.57. The highest BCUT2D eigenvalue weighted by Gasteiger charge is 2.50. The van der Waals surface area contributed by atoms with Crippen molar-refractivity contribution < 1.29 is 29.3 Å². The van der Waals surface area contributed by atoms with Gasteiger partial charge in [0, 0.05) is 5.56 Å². The van der Waals surface area contributed by atoms with Gasteiger partial charge in [-0.15, -0.1) is 0 Å². The molecular formula is C13H14O6. The van der Waals surface area contributed by atoms with Crippen LogP contribution in [0.2, 0.25) is 0 Å². The van der Waals surface area contributed by atoms with Crippen molar-refractivity contribution in [1.29, 1.82) is 0 Å². The van der Waals surface area contributed by atoms with Crippen LogP contribution in [0.3, 0.4) is 0 Å². The molecule has 1 aromatic carbocycles. The van der Waals surface area contributed by atoms with Crippen LogP contribution in [0, 0.1) is 0 Å². The molecule has 1 heterocycles. The molecule has 6 nitrogen and oxygen atoms in total. The molecule has 0 aliphatic carbocycles. The maximum atomic E-state index is 11.7. The fourth-order valence-electron chi connectivity index (χ4n) is 2.11. The second-order valence-electron chi connectivity index (χ2n) is 4.32. The van der Waals surface area contributed by atoms with Crippen LogP contribution < -0.4 is 4.74 Å². The molecule has 1 aromatic rings. The van der Waals surface area contributed by atoms with E-state index in [1.807, 2.05) is 0 Å². The highest BCUT2D eigenvalue weighted by Crippen LogP contribution is 2.41. The first-order valence-corrected chi connectivity index (χ1v) is 5.78. The first-order valence-electron chi connectivity index (χ1n) is 5.78. The zero-order valence-electron chi connectivity index (χ0n) is 10.5. The standard InChI is InChI=1S/C13H14O6/c1-3-13(17,12(15)16)10-9-6-7(18-2)4-5-8(9)11(14)19-10/h4-6,10,17H,3H2,1-2H3,(H,15,16)/t10-,13?/m1/s1. The molecule has 1 aliphatic rings. The van der Waals surface area contributed by atoms with Gasteiger partial charge in [-0.3, -0.25) is 0 Å². The van der Waals surface area contributed by atoms with E-state index in [-0.39, 0.29) is 12.0 Å². The molecule has 0 bridgehead atoms. The molecule has 0 aromatic heterocycles. The molecular weight excluding hydrogens is 252 g/mol. The van der Waals surface area contributed by atoms with Crippen LogP contribution in [0.25, 0.3) is 0 Å². The summed E-state index contributed by atoms with van der Waals surface area (Å²) in [7, 11) is 1.46. The van der Waals surface area contributed by atoms with Crippen molar-refractivity contribution in [2.45, 2.75) is 25.0 Å². The molecule has 0 radical (unpaired) electrons. The van der Waals surface area contributed by atoms with Gasteiger partial charge >= 0.3 is 11.9 Å². The maximum absolute atomic E-state index is 11.7. The number of benzene rings is 1. The minimum atomic E-state index is -2.15. The smallest absolute Gasteiger partial charge is 0.340 e. The molecule has 1 unspecified atom stereocenters. The molecule has 1 aliphatic heterocycles. The number of hydrogen-bond donors (Lipinski definition) is 2. The molecule has 0 saturated heterocycles. The van der Waals surface area contributed by atoms with E-state index in [1.165, 1.54) is 26.2 Å². The Morgan fingerprint density at radius 1 is 1.53 bits per heavy atom. The van der Waals surface area contributed by atoms with Crippen LogP contribution in [0.4, 0.5) is 0 Å². The zero-order chi connectivity index (χ0) is 14.2. The lowest BCUT2D eigenvalue weighted by Crippen LogP contribution is -2.44. The number of carboxylic acid groups (broad SMARTS) is 1. The topological polar surface area (TPSA) is 93.1 Å². The number of carbonyl (C=O) groups is 2. The Hall–Kier alpha value is -2.08. The molecule has 2 N–H and O–H groups in total. The van der Waals surface area contributed by atoms with Crippen molar-refractivity contribution in [3.05, 3.63) is 29.3 Å². The summed E-state index contributed by atoms with van der Waals surface area (Å²) in [4.78, 5) is 22.9. The van der Waals surface area contributed by atoms with Gasteiger partial charge in [-0.05, 0) is 24.6 Å². The van der Waals surface area contributed by atoms with Gasteiger partial charge in [0.25, 0.3) is 0 Å². The SMILES string of the molecule is CCC(O)(C(=O)O)[C@@H]1OC(=O)c2ccc(OC)cc21. The van der Waals surface area contributed by atoms with E-state index >= 15 is 0 Å². The number of ether oxygens (including phenoxy) is 2. The number of rotatable bonds is 4. The highest BCUT2D eigenvalue weighted by atomic mass is 16.6. The Kier molecular flexibility index (Phi) is 3.20. The van der Waals surface area contributed by atoms with Crippen molar-refractivity contribution in [2.24, 2.45) is 0 Å². The predicted molar refractivity (Wildman–Crippen MR) is 64.0 cm³/mol. The van der Waals surface area contributed by atoms with Crippen molar-refractivity contribution in [2.75, 3.05) is 7.11 Å². The molecule has 2 atom stereocenters. The molecule has 0 amide bonds. The first kappa shape index (κ1) is 13.4. The monoisotopic (exact) mass is 266 g/mol. The number of carbonyl (C=O) groups excluding carboxylic acids is 1. The molecule has 102 valence electrons. The van der Waals surface area contributed by atoms with Gasteiger partial charge in [0.05, 0.1) is 12.7 Å². The number of hydrogen-bond acceptors (Lipinski definition) is 5. The third-order valence-corrected chi connectivity index (χ3v) is 3.33. The number of aliphatic hydroxyl groups is 1. The van der Waals surface area contributed by atoms with Crippen LogP contribution in [-0.2, 0) is 9.53 Å². The summed E-state index contributed by atoms with van der Waals surface area (Å²) < 4.78 is 10.1. The van der Waals surface area contributed by atoms with E-state index in [0.717, 1.165) is 0 Å². The number of methoxy groups -OCH3 is 1. The van der Waals surface area contributed by atoms with E-state index in [4.69, 9.17) is 14.6 Å². The van der Waals surface area contributed by atoms with Crippen LogP contribution in [0.5, 0.6) is 5.75 Å². The Balaban J connectivity index is 2.53. The van der Waals surface area contributed by atoms with E-state index in [0.29, 0.717) is 11.3 Å². The van der Waals surface area contributed by atoms with Gasteiger partial charge in [0.1, 0.15) is 5.75 Å². The van der Waals surface area contributed by atoms with Gasteiger partial charge in [-0.25, -0.2) is 9.59 Å². The molecule has 0 saturated carbocycles. The number of cyclic esters (lactones) is 1. The third kappa shape index (κ3) is 1.94. The van der Waals surface area contributed by atoms with Crippen molar-refractivity contribution in [3.63, 3.8) is 0 Å². The van der Waals surface area contributed by atoms with Crippen molar-refractivity contribution in [3.8, 4) is 5.75 Å². The quantitative estimate of drug-likeness (QED) is 0.793. The van der Waals surface area contributed by atoms with Crippen LogP contribution in [0.15, 0.2) is 18.2 Å². The molecule has 19 heavy (non-hydrogen) atoms. The van der Waals surface area contributed by atoms with Crippen LogP contribution >= 0.6 is 0 Å². The van der Waals surface area contributed by atoms with Gasteiger partial charge in [-0.1, -0.05) is 6.92 Å². The Morgan fingerprint density at radius 2 is 2.21 bits per heavy atom. The Morgan fingerprint density at radius 3 is 2.74 bits per heavy atom. The second kappa shape index (κ2) is 4.55. The number of aliphatic carboxylic acids is 1. The minimum absolute atomic E-state index is 0.0864. The lowest BCUT2D eigenvalue weighted by molar-refractivity contribution is -0.172. The summed E-state index contributed by atoms with van der Waals surface area (Å²) in [6.45, 7) is 1.51. The van der Waals surface area contributed by atoms with Crippen LogP contribution in [-0.4, -0.2) is 34.9 Å². The summed E-state index contributed by atoms with van der Waals surface area (Å²) in [5, 5.41) is 19.4. The maximum Gasteiger partial charge on any atom is 0.340 e.